The van der Waals surface area contributed by atoms with Gasteiger partial charge in [-0.1, -0.05) is 50.0 Å². The summed E-state index contributed by atoms with van der Waals surface area (Å²) >= 11 is 5.81. The molecule has 0 saturated carbocycles. The molecule has 0 atom stereocenters. The summed E-state index contributed by atoms with van der Waals surface area (Å²) in [6.07, 6.45) is 0. The van der Waals surface area contributed by atoms with Crippen LogP contribution in [-0.4, -0.2) is 16.3 Å². The summed E-state index contributed by atoms with van der Waals surface area (Å²) in [6, 6.07) is 11.4. The average Bonchev–Trinajstić information content (AvgIpc) is 2.41. The molecule has 0 aliphatic rings. The second kappa shape index (κ2) is 5.97. The van der Waals surface area contributed by atoms with Gasteiger partial charge in [-0.2, -0.15) is 0 Å². The molecular formula is C16H17BClNO2S. The van der Waals surface area contributed by atoms with Gasteiger partial charge in [0.05, 0.1) is 4.90 Å². The number of benzene rings is 2. The second-order valence-corrected chi connectivity index (χ2v) is 8.23. The van der Waals surface area contributed by atoms with E-state index in [4.69, 9.17) is 19.4 Å². The van der Waals surface area contributed by atoms with Crippen molar-refractivity contribution in [1.29, 1.82) is 0 Å². The minimum atomic E-state index is -3.68. The number of hydrogen-bond acceptors (Lipinski definition) is 2. The Morgan fingerprint density at radius 3 is 2.14 bits per heavy atom. The van der Waals surface area contributed by atoms with E-state index in [1.54, 1.807) is 24.3 Å². The maximum absolute atomic E-state index is 12.4. The van der Waals surface area contributed by atoms with Crippen molar-refractivity contribution in [1.82, 2.24) is 0 Å². The summed E-state index contributed by atoms with van der Waals surface area (Å²) in [5.41, 5.74) is 1.63. The maximum Gasteiger partial charge on any atom is 0.261 e. The van der Waals surface area contributed by atoms with Crippen LogP contribution in [0.4, 0.5) is 5.69 Å². The molecular weight excluding hydrogens is 317 g/mol. The van der Waals surface area contributed by atoms with Gasteiger partial charge in [-0.05, 0) is 41.3 Å². The third-order valence-corrected chi connectivity index (χ3v) is 4.91. The zero-order valence-corrected chi connectivity index (χ0v) is 14.3. The van der Waals surface area contributed by atoms with Crippen LogP contribution in [0.25, 0.3) is 0 Å². The van der Waals surface area contributed by atoms with Crippen molar-refractivity contribution in [3.63, 3.8) is 0 Å². The first-order chi connectivity index (χ1) is 10.1. The molecule has 0 unspecified atom stereocenters. The smallest absolute Gasteiger partial charge is 0.261 e. The molecule has 114 valence electrons. The monoisotopic (exact) mass is 333 g/mol. The molecule has 0 aliphatic carbocycles. The van der Waals surface area contributed by atoms with E-state index < -0.39 is 10.0 Å². The first-order valence-electron chi connectivity index (χ1n) is 6.78. The van der Waals surface area contributed by atoms with Crippen molar-refractivity contribution >= 4 is 40.6 Å². The number of anilines is 1. The number of rotatable bonds is 3. The fourth-order valence-electron chi connectivity index (χ4n) is 1.96. The minimum Gasteiger partial charge on any atom is -0.280 e. The van der Waals surface area contributed by atoms with E-state index in [1.807, 2.05) is 12.1 Å². The Morgan fingerprint density at radius 1 is 1.05 bits per heavy atom. The minimum absolute atomic E-state index is 0.0314. The van der Waals surface area contributed by atoms with Crippen molar-refractivity contribution in [2.45, 2.75) is 31.1 Å². The fourth-order valence-corrected chi connectivity index (χ4v) is 3.23. The Hall–Kier alpha value is -1.46. The number of halogens is 1. The standard InChI is InChI=1S/C16H17BClNO2S/c1-16(2,3)11-4-7-13(8-5-11)22(20,21)19-15-9-6-12(18)10-14(15)17/h4-10,19H,1-3H3. The molecule has 6 heteroatoms. The van der Waals surface area contributed by atoms with Crippen molar-refractivity contribution in [3.05, 3.63) is 53.1 Å². The molecule has 3 nitrogen and oxygen atoms in total. The summed E-state index contributed by atoms with van der Waals surface area (Å²) < 4.78 is 27.3. The number of nitrogens with one attached hydrogen (secondary N) is 1. The Bertz CT molecular complexity index is 781. The Kier molecular flexibility index (Phi) is 4.59. The molecule has 2 aromatic rings. The van der Waals surface area contributed by atoms with Gasteiger partial charge in [0.2, 0.25) is 0 Å². The van der Waals surface area contributed by atoms with Crippen molar-refractivity contribution in [3.8, 4) is 0 Å². The first-order valence-corrected chi connectivity index (χ1v) is 8.64. The predicted molar refractivity (Wildman–Crippen MR) is 92.8 cm³/mol. The molecule has 2 rings (SSSR count). The van der Waals surface area contributed by atoms with Gasteiger partial charge in [-0.25, -0.2) is 8.42 Å². The van der Waals surface area contributed by atoms with Gasteiger partial charge in [-0.3, -0.25) is 4.72 Å². The maximum atomic E-state index is 12.4. The molecule has 2 radical (unpaired) electrons. The van der Waals surface area contributed by atoms with Crippen LogP contribution in [0.15, 0.2) is 47.4 Å². The summed E-state index contributed by atoms with van der Waals surface area (Å²) in [6.45, 7) is 6.22. The summed E-state index contributed by atoms with van der Waals surface area (Å²) in [4.78, 5) is 0.190. The number of sulfonamides is 1. The molecule has 0 amide bonds. The van der Waals surface area contributed by atoms with Crippen molar-refractivity contribution in [2.75, 3.05) is 4.72 Å². The largest absolute Gasteiger partial charge is 0.280 e. The van der Waals surface area contributed by atoms with Gasteiger partial charge in [0.1, 0.15) is 7.85 Å². The van der Waals surface area contributed by atoms with Gasteiger partial charge in [0, 0.05) is 10.7 Å². The second-order valence-electron chi connectivity index (χ2n) is 6.11. The Labute approximate surface area is 138 Å². The van der Waals surface area contributed by atoms with Crippen LogP contribution in [0.5, 0.6) is 0 Å². The van der Waals surface area contributed by atoms with Crippen LogP contribution in [0.2, 0.25) is 5.02 Å². The normalized spacial score (nSPS) is 12.2. The van der Waals surface area contributed by atoms with Crippen molar-refractivity contribution in [2.24, 2.45) is 0 Å². The number of hydrogen-bond donors (Lipinski definition) is 1. The quantitative estimate of drug-likeness (QED) is 0.877. The van der Waals surface area contributed by atoms with Crippen LogP contribution in [-0.2, 0) is 15.4 Å². The molecule has 0 fully saturated rings. The molecule has 0 spiro atoms. The Balaban J connectivity index is 2.31. The third kappa shape index (κ3) is 3.84. The highest BCUT2D eigenvalue weighted by atomic mass is 35.5. The highest BCUT2D eigenvalue weighted by Crippen LogP contribution is 2.24. The van der Waals surface area contributed by atoms with Gasteiger partial charge < -0.3 is 0 Å². The lowest BCUT2D eigenvalue weighted by Gasteiger charge is -2.19. The van der Waals surface area contributed by atoms with E-state index in [9.17, 15) is 8.42 Å². The van der Waals surface area contributed by atoms with Crippen molar-refractivity contribution < 1.29 is 8.42 Å². The molecule has 0 aromatic heterocycles. The summed E-state index contributed by atoms with van der Waals surface area (Å²) in [7, 11) is 2.09. The highest BCUT2D eigenvalue weighted by molar-refractivity contribution is 7.92. The zero-order chi connectivity index (χ0) is 16.5. The fraction of sp³-hybridized carbons (Fsp3) is 0.250. The zero-order valence-electron chi connectivity index (χ0n) is 12.7. The molecule has 1 N–H and O–H groups in total. The lowest BCUT2D eigenvalue weighted by Crippen LogP contribution is -2.19. The van der Waals surface area contributed by atoms with Gasteiger partial charge in [0.15, 0.2) is 0 Å². The van der Waals surface area contributed by atoms with Gasteiger partial charge in [-0.15, -0.1) is 0 Å². The molecule has 22 heavy (non-hydrogen) atoms. The van der Waals surface area contributed by atoms with E-state index in [2.05, 4.69) is 25.5 Å². The van der Waals surface area contributed by atoms with E-state index in [0.29, 0.717) is 10.7 Å². The molecule has 0 aliphatic heterocycles. The van der Waals surface area contributed by atoms with Crippen LogP contribution < -0.4 is 10.2 Å². The van der Waals surface area contributed by atoms with Gasteiger partial charge >= 0.3 is 0 Å². The van der Waals surface area contributed by atoms with Crippen LogP contribution in [0.3, 0.4) is 0 Å². The van der Waals surface area contributed by atoms with E-state index in [1.165, 1.54) is 6.07 Å². The van der Waals surface area contributed by atoms with Crippen LogP contribution >= 0.6 is 11.6 Å². The first kappa shape index (κ1) is 16.9. The molecule has 0 bridgehead atoms. The van der Waals surface area contributed by atoms with E-state index >= 15 is 0 Å². The summed E-state index contributed by atoms with van der Waals surface area (Å²) in [5, 5.41) is 0.454. The molecule has 0 heterocycles. The lowest BCUT2D eigenvalue weighted by atomic mass is 9.87. The van der Waals surface area contributed by atoms with Gasteiger partial charge in [0.25, 0.3) is 10.0 Å². The third-order valence-electron chi connectivity index (χ3n) is 3.29. The summed E-state index contributed by atoms with van der Waals surface area (Å²) in [5.74, 6) is 0. The molecule has 2 aromatic carbocycles. The SMILES string of the molecule is [B]c1cc(Cl)ccc1NS(=O)(=O)c1ccc(C(C)(C)C)cc1. The topological polar surface area (TPSA) is 46.2 Å². The van der Waals surface area contributed by atoms with Crippen LogP contribution in [0.1, 0.15) is 26.3 Å². The Morgan fingerprint density at radius 2 is 1.64 bits per heavy atom. The van der Waals surface area contributed by atoms with Crippen LogP contribution in [0, 0.1) is 0 Å². The van der Waals surface area contributed by atoms with E-state index in [0.717, 1.165) is 5.56 Å². The predicted octanol–water partition coefficient (Wildman–Crippen LogP) is 3.23. The van der Waals surface area contributed by atoms with E-state index in [-0.39, 0.29) is 15.8 Å². The average molecular weight is 334 g/mol. The lowest BCUT2D eigenvalue weighted by molar-refractivity contribution is 0.587. The molecule has 0 saturated heterocycles. The highest BCUT2D eigenvalue weighted by Gasteiger charge is 2.18.